The summed E-state index contributed by atoms with van der Waals surface area (Å²) in [5, 5.41) is 0. The highest BCUT2D eigenvalue weighted by Gasteiger charge is 2.47. The van der Waals surface area contributed by atoms with E-state index in [2.05, 4.69) is 239 Å². The van der Waals surface area contributed by atoms with Gasteiger partial charge in [0.15, 0.2) is 0 Å². The number of benzene rings is 9. The second-order valence-electron chi connectivity index (χ2n) is 19.9. The molecular weight excluding hydrogens is 782 g/mol. The van der Waals surface area contributed by atoms with Crippen LogP contribution in [0.2, 0.25) is 0 Å². The highest BCUT2D eigenvalue weighted by atomic mass is 15.2. The summed E-state index contributed by atoms with van der Waals surface area (Å²) in [6.45, 7) is 11.6. The maximum atomic E-state index is 2.57. The van der Waals surface area contributed by atoms with Gasteiger partial charge in [0.1, 0.15) is 0 Å². The van der Waals surface area contributed by atoms with Crippen molar-refractivity contribution in [3.8, 4) is 44.5 Å². The van der Waals surface area contributed by atoms with Crippen LogP contribution in [0.25, 0.3) is 44.5 Å². The molecule has 13 rings (SSSR count). The van der Waals surface area contributed by atoms with Gasteiger partial charge in [-0.25, -0.2) is 0 Å². The Bertz CT molecular complexity index is 3380. The molecule has 4 aliphatic heterocycles. The Balaban J connectivity index is 1.02. The normalized spacial score (nSPS) is 13.6. The molecule has 0 N–H and O–H groups in total. The Morgan fingerprint density at radius 3 is 1.17 bits per heavy atom. The van der Waals surface area contributed by atoms with Crippen LogP contribution in [0, 0.1) is 0 Å². The summed E-state index contributed by atoms with van der Waals surface area (Å²) < 4.78 is 0. The third kappa shape index (κ3) is 5.69. The van der Waals surface area contributed by atoms with E-state index in [0.717, 1.165) is 0 Å². The largest absolute Gasteiger partial charge is 0.312 e. The van der Waals surface area contributed by atoms with E-state index in [1.807, 2.05) is 0 Å². The summed E-state index contributed by atoms with van der Waals surface area (Å²) in [5.74, 6) is 0.506. The van der Waals surface area contributed by atoms with Gasteiger partial charge in [-0.2, -0.15) is 0 Å². The molecule has 0 saturated heterocycles. The van der Waals surface area contributed by atoms with Crippen LogP contribution in [-0.4, -0.2) is 13.4 Å². The van der Waals surface area contributed by atoms with Crippen LogP contribution in [0.5, 0.6) is 0 Å². The van der Waals surface area contributed by atoms with Crippen molar-refractivity contribution < 1.29 is 0 Å². The minimum absolute atomic E-state index is 0.108. The molecule has 0 atom stereocenters. The summed E-state index contributed by atoms with van der Waals surface area (Å²) in [6, 6.07) is 74.0. The van der Waals surface area contributed by atoms with Crippen LogP contribution >= 0.6 is 0 Å². The van der Waals surface area contributed by atoms with Crippen LogP contribution in [-0.2, 0) is 5.41 Å². The summed E-state index contributed by atoms with van der Waals surface area (Å²) in [7, 11) is 0. The zero-order valence-corrected chi connectivity index (χ0v) is 37.6. The Morgan fingerprint density at radius 1 is 0.369 bits per heavy atom. The van der Waals surface area contributed by atoms with Gasteiger partial charge >= 0.3 is 0 Å². The zero-order chi connectivity index (χ0) is 43.7. The molecule has 9 aromatic rings. The van der Waals surface area contributed by atoms with Crippen molar-refractivity contribution in [2.24, 2.45) is 0 Å². The van der Waals surface area contributed by atoms with Gasteiger partial charge in [0, 0.05) is 34.1 Å². The topological polar surface area (TPSA) is 6.48 Å². The van der Waals surface area contributed by atoms with Crippen molar-refractivity contribution in [3.05, 3.63) is 205 Å². The van der Waals surface area contributed by atoms with Gasteiger partial charge in [-0.05, 0) is 137 Å². The van der Waals surface area contributed by atoms with E-state index in [9.17, 15) is 0 Å². The second kappa shape index (κ2) is 14.1. The molecule has 0 unspecified atom stereocenters. The Hall–Kier alpha value is -7.29. The van der Waals surface area contributed by atoms with Crippen molar-refractivity contribution in [2.45, 2.75) is 46.0 Å². The Morgan fingerprint density at radius 2 is 0.754 bits per heavy atom. The van der Waals surface area contributed by atoms with E-state index in [4.69, 9.17) is 0 Å². The van der Waals surface area contributed by atoms with Crippen molar-refractivity contribution in [2.75, 3.05) is 9.80 Å². The third-order valence-corrected chi connectivity index (χ3v) is 14.9. The Labute approximate surface area is 384 Å². The molecule has 65 heavy (non-hydrogen) atoms. The number of rotatable bonds is 5. The minimum atomic E-state index is 0.108. The molecule has 9 aromatic carbocycles. The molecule has 308 valence electrons. The number of hydrogen-bond acceptors (Lipinski definition) is 2. The second-order valence-corrected chi connectivity index (χ2v) is 19.9. The molecule has 2 nitrogen and oxygen atoms in total. The molecule has 0 fully saturated rings. The van der Waals surface area contributed by atoms with Gasteiger partial charge < -0.3 is 9.80 Å². The number of nitrogens with zero attached hydrogens (tertiary/aromatic N) is 2. The summed E-state index contributed by atoms with van der Waals surface area (Å²) in [5.41, 5.74) is 28.7. The van der Waals surface area contributed by atoms with Crippen LogP contribution < -0.4 is 42.6 Å². The molecule has 0 saturated carbocycles. The van der Waals surface area contributed by atoms with Crippen molar-refractivity contribution in [1.29, 1.82) is 0 Å². The standard InChI is InChI=1S/C61H48B2N2/c1-38(2)39-20-22-40(23-21-39)42-26-32-45(33-27-42)64-55-18-10-14-49-47-12-6-8-16-51(47)62(59(49)55)53-37-58-54(36-57(53)64)63-52-17-9-7-13-48(52)50-15-11-19-56(60(50)63)65(58)46-34-28-43(29-35-46)41-24-30-44(31-25-41)61(3,4)5/h6-38H,1-5H3. The first kappa shape index (κ1) is 38.2. The van der Waals surface area contributed by atoms with Gasteiger partial charge in [-0.15, -0.1) is 0 Å². The molecule has 4 heteroatoms. The van der Waals surface area contributed by atoms with Crippen LogP contribution in [0.15, 0.2) is 194 Å². The van der Waals surface area contributed by atoms with Gasteiger partial charge in [0.25, 0.3) is 0 Å². The fraction of sp³-hybridized carbons (Fsp3) is 0.115. The maximum Gasteiger partial charge on any atom is 0.248 e. The SMILES string of the molecule is CC(C)c1ccc(-c2ccc(N3c4cc5c(cc4B4c6ccccc6-c6cccc3c64)N(c3ccc(-c4ccc(C(C)(C)C)cc4)cc3)c3cccc4c3B5c3ccccc3-4)cc2)cc1. The molecule has 0 bridgehead atoms. The highest BCUT2D eigenvalue weighted by molar-refractivity contribution is 7.03. The van der Waals surface area contributed by atoms with Crippen molar-refractivity contribution in [1.82, 2.24) is 0 Å². The summed E-state index contributed by atoms with van der Waals surface area (Å²) in [6.07, 6.45) is 0. The van der Waals surface area contributed by atoms with E-state index in [1.165, 1.54) is 123 Å². The van der Waals surface area contributed by atoms with Crippen molar-refractivity contribution in [3.63, 3.8) is 0 Å². The maximum absolute atomic E-state index is 2.57. The average molecular weight is 831 g/mol. The predicted octanol–water partition coefficient (Wildman–Crippen LogP) is 12.0. The molecule has 0 radical (unpaired) electrons. The molecular formula is C61H48B2N2. The number of anilines is 6. The van der Waals surface area contributed by atoms with E-state index >= 15 is 0 Å². The van der Waals surface area contributed by atoms with E-state index in [-0.39, 0.29) is 18.8 Å². The van der Waals surface area contributed by atoms with E-state index < -0.39 is 0 Å². The van der Waals surface area contributed by atoms with Gasteiger partial charge in [-0.3, -0.25) is 0 Å². The summed E-state index contributed by atoms with van der Waals surface area (Å²) in [4.78, 5) is 5.13. The number of hydrogen-bond donors (Lipinski definition) is 0. The van der Waals surface area contributed by atoms with Gasteiger partial charge in [-0.1, -0.05) is 191 Å². The third-order valence-electron chi connectivity index (χ3n) is 14.9. The first-order valence-corrected chi connectivity index (χ1v) is 23.3. The number of fused-ring (bicyclic) bond motifs is 10. The molecule has 4 aliphatic rings. The zero-order valence-electron chi connectivity index (χ0n) is 37.6. The Kier molecular flexibility index (Phi) is 8.29. The molecule has 0 aliphatic carbocycles. The lowest BCUT2D eigenvalue weighted by Crippen LogP contribution is -2.58. The molecule has 0 aromatic heterocycles. The quantitative estimate of drug-likeness (QED) is 0.159. The van der Waals surface area contributed by atoms with Crippen molar-refractivity contribution >= 4 is 80.3 Å². The lowest BCUT2D eigenvalue weighted by Gasteiger charge is -2.41. The molecule has 0 amide bonds. The van der Waals surface area contributed by atoms with Crippen LogP contribution in [0.4, 0.5) is 34.1 Å². The first-order chi connectivity index (χ1) is 31.7. The smallest absolute Gasteiger partial charge is 0.248 e. The molecule has 4 heterocycles. The minimum Gasteiger partial charge on any atom is -0.312 e. The van der Waals surface area contributed by atoms with Gasteiger partial charge in [0.05, 0.1) is 0 Å². The first-order valence-electron chi connectivity index (χ1n) is 23.3. The predicted molar refractivity (Wildman–Crippen MR) is 280 cm³/mol. The average Bonchev–Trinajstić information content (AvgIpc) is 3.86. The van der Waals surface area contributed by atoms with E-state index in [1.54, 1.807) is 0 Å². The fourth-order valence-electron chi connectivity index (χ4n) is 11.6. The molecule has 0 spiro atoms. The van der Waals surface area contributed by atoms with Crippen LogP contribution in [0.1, 0.15) is 51.7 Å². The van der Waals surface area contributed by atoms with Gasteiger partial charge in [0.2, 0.25) is 13.4 Å². The lowest BCUT2D eigenvalue weighted by atomic mass is 9.34. The monoisotopic (exact) mass is 830 g/mol. The summed E-state index contributed by atoms with van der Waals surface area (Å²) >= 11 is 0. The highest BCUT2D eigenvalue weighted by Crippen LogP contribution is 2.45. The van der Waals surface area contributed by atoms with Crippen LogP contribution in [0.3, 0.4) is 0 Å². The lowest BCUT2D eigenvalue weighted by molar-refractivity contribution is 0.590. The van der Waals surface area contributed by atoms with E-state index in [0.29, 0.717) is 5.92 Å². The fourth-order valence-corrected chi connectivity index (χ4v) is 11.6.